The maximum absolute atomic E-state index is 12.3. The van der Waals surface area contributed by atoms with E-state index in [0.29, 0.717) is 17.3 Å². The Balaban J connectivity index is 1.42. The van der Waals surface area contributed by atoms with Crippen LogP contribution in [0.25, 0.3) is 5.65 Å². The quantitative estimate of drug-likeness (QED) is 0.472. The maximum Gasteiger partial charge on any atom is 0.258 e. The molecule has 0 N–H and O–H groups in total. The summed E-state index contributed by atoms with van der Waals surface area (Å²) in [4.78, 5) is 16.9. The van der Waals surface area contributed by atoms with E-state index in [2.05, 4.69) is 44.0 Å². The van der Waals surface area contributed by atoms with Gasteiger partial charge in [0.1, 0.15) is 11.5 Å². The van der Waals surface area contributed by atoms with E-state index in [1.54, 1.807) is 28.4 Å². The number of nitrogens with zero attached hydrogens (tertiary/aromatic N) is 5. The van der Waals surface area contributed by atoms with Crippen molar-refractivity contribution in [3.05, 3.63) is 88.2 Å². The molecule has 4 aromatic rings. The third-order valence-electron chi connectivity index (χ3n) is 4.84. The summed E-state index contributed by atoms with van der Waals surface area (Å²) in [6.07, 6.45) is 4.10. The largest absolute Gasteiger partial charge is 0.301 e. The highest BCUT2D eigenvalue weighted by molar-refractivity contribution is 7.98. The van der Waals surface area contributed by atoms with E-state index in [4.69, 9.17) is 0 Å². The highest BCUT2D eigenvalue weighted by atomic mass is 32.2. The van der Waals surface area contributed by atoms with Crippen LogP contribution in [0.3, 0.4) is 0 Å². The Kier molecular flexibility index (Phi) is 4.44. The Morgan fingerprint density at radius 2 is 1.86 bits per heavy atom. The van der Waals surface area contributed by atoms with Gasteiger partial charge in [-0.15, -0.1) is 10.2 Å². The van der Waals surface area contributed by atoms with Crippen molar-refractivity contribution < 1.29 is 0 Å². The molecule has 140 valence electrons. The lowest BCUT2D eigenvalue weighted by atomic mass is 10.2. The van der Waals surface area contributed by atoms with Crippen LogP contribution in [0.2, 0.25) is 0 Å². The van der Waals surface area contributed by atoms with Crippen molar-refractivity contribution >= 4 is 17.4 Å². The van der Waals surface area contributed by atoms with Crippen molar-refractivity contribution in [3.8, 4) is 0 Å². The molecule has 1 aromatic carbocycles. The zero-order chi connectivity index (χ0) is 18.9. The molecule has 1 fully saturated rings. The Labute approximate surface area is 166 Å². The molecule has 28 heavy (non-hydrogen) atoms. The van der Waals surface area contributed by atoms with Crippen LogP contribution < -0.4 is 5.56 Å². The Morgan fingerprint density at radius 3 is 2.68 bits per heavy atom. The van der Waals surface area contributed by atoms with Gasteiger partial charge in [0.2, 0.25) is 0 Å². The lowest BCUT2D eigenvalue weighted by molar-refractivity contribution is 0.667. The summed E-state index contributed by atoms with van der Waals surface area (Å²) in [6.45, 7) is 0.760. The first kappa shape index (κ1) is 17.2. The van der Waals surface area contributed by atoms with Crippen molar-refractivity contribution in [1.82, 2.24) is 24.1 Å². The molecule has 5 rings (SSSR count). The topological polar surface area (TPSA) is 65.1 Å². The number of thioether (sulfide) groups is 1. The molecule has 1 saturated carbocycles. The molecule has 3 aromatic heterocycles. The average Bonchev–Trinajstić information content (AvgIpc) is 3.49. The second-order valence-corrected chi connectivity index (χ2v) is 7.93. The molecule has 0 atom stereocenters. The van der Waals surface area contributed by atoms with Crippen molar-refractivity contribution in [2.75, 3.05) is 0 Å². The predicted octanol–water partition coefficient (Wildman–Crippen LogP) is 3.50. The molecule has 0 amide bonds. The molecule has 0 unspecified atom stereocenters. The second-order valence-electron chi connectivity index (χ2n) is 6.99. The van der Waals surface area contributed by atoms with Gasteiger partial charge >= 0.3 is 0 Å². The lowest BCUT2D eigenvalue weighted by Crippen LogP contribution is -2.14. The number of rotatable bonds is 6. The van der Waals surface area contributed by atoms with Crippen LogP contribution in [0.15, 0.2) is 70.7 Å². The summed E-state index contributed by atoms with van der Waals surface area (Å²) in [7, 11) is 0. The van der Waals surface area contributed by atoms with Crippen molar-refractivity contribution in [1.29, 1.82) is 0 Å². The van der Waals surface area contributed by atoms with Crippen LogP contribution in [-0.2, 0) is 12.3 Å². The van der Waals surface area contributed by atoms with Crippen LogP contribution in [0.5, 0.6) is 0 Å². The SMILES string of the molecule is O=c1cc(CSc2nnc(C3CC3)n2Cc2ccccc2)nc2ccccn12. The molecule has 6 nitrogen and oxygen atoms in total. The summed E-state index contributed by atoms with van der Waals surface area (Å²) in [6, 6.07) is 17.5. The Hall–Kier alpha value is -2.93. The van der Waals surface area contributed by atoms with Gasteiger partial charge in [-0.1, -0.05) is 48.2 Å². The summed E-state index contributed by atoms with van der Waals surface area (Å²) in [5.74, 6) is 2.17. The summed E-state index contributed by atoms with van der Waals surface area (Å²) in [5.41, 5.74) is 2.58. The summed E-state index contributed by atoms with van der Waals surface area (Å²) < 4.78 is 3.77. The smallest absolute Gasteiger partial charge is 0.258 e. The molecule has 0 spiro atoms. The Morgan fingerprint density at radius 1 is 1.04 bits per heavy atom. The van der Waals surface area contributed by atoms with Gasteiger partial charge in [-0.05, 0) is 30.5 Å². The minimum Gasteiger partial charge on any atom is -0.301 e. The fourth-order valence-corrected chi connectivity index (χ4v) is 4.12. The predicted molar refractivity (Wildman–Crippen MR) is 109 cm³/mol. The van der Waals surface area contributed by atoms with Crippen LogP contribution in [0, 0.1) is 0 Å². The molecule has 0 aliphatic heterocycles. The van der Waals surface area contributed by atoms with Gasteiger partial charge < -0.3 is 4.57 Å². The monoisotopic (exact) mass is 389 g/mol. The minimum atomic E-state index is -0.0642. The molecule has 3 heterocycles. The summed E-state index contributed by atoms with van der Waals surface area (Å²) >= 11 is 1.58. The van der Waals surface area contributed by atoms with E-state index in [1.165, 1.54) is 18.4 Å². The normalized spacial score (nSPS) is 13.9. The van der Waals surface area contributed by atoms with Crippen molar-refractivity contribution in [2.45, 2.75) is 36.2 Å². The highest BCUT2D eigenvalue weighted by Crippen LogP contribution is 2.40. The zero-order valence-electron chi connectivity index (χ0n) is 15.2. The first-order valence-corrected chi connectivity index (χ1v) is 10.3. The van der Waals surface area contributed by atoms with Gasteiger partial charge in [-0.3, -0.25) is 9.20 Å². The third-order valence-corrected chi connectivity index (χ3v) is 5.84. The number of hydrogen-bond acceptors (Lipinski definition) is 5. The minimum absolute atomic E-state index is 0.0642. The fraction of sp³-hybridized carbons (Fsp3) is 0.238. The standard InChI is InChI=1S/C21H19N5OS/c27-19-12-17(22-18-8-4-5-11-25(18)19)14-28-21-24-23-20(16-9-10-16)26(21)13-15-6-2-1-3-7-15/h1-8,11-12,16H,9-10,13-14H2. The van der Waals surface area contributed by atoms with E-state index in [0.717, 1.165) is 23.2 Å². The molecular formula is C21H19N5OS. The van der Waals surface area contributed by atoms with E-state index < -0.39 is 0 Å². The van der Waals surface area contributed by atoms with Crippen LogP contribution in [-0.4, -0.2) is 24.1 Å². The number of pyridine rings is 1. The average molecular weight is 389 g/mol. The van der Waals surface area contributed by atoms with E-state index in [9.17, 15) is 4.79 Å². The van der Waals surface area contributed by atoms with Crippen molar-refractivity contribution in [3.63, 3.8) is 0 Å². The fourth-order valence-electron chi connectivity index (χ4n) is 3.28. The van der Waals surface area contributed by atoms with E-state index in [1.807, 2.05) is 24.3 Å². The van der Waals surface area contributed by atoms with E-state index >= 15 is 0 Å². The maximum atomic E-state index is 12.3. The van der Waals surface area contributed by atoms with Gasteiger partial charge in [0.15, 0.2) is 5.16 Å². The Bertz CT molecular complexity index is 1180. The molecule has 0 bridgehead atoms. The second kappa shape index (κ2) is 7.24. The van der Waals surface area contributed by atoms with Crippen LogP contribution >= 0.6 is 11.8 Å². The molecule has 1 aliphatic carbocycles. The number of hydrogen-bond donors (Lipinski definition) is 0. The van der Waals surface area contributed by atoms with Crippen molar-refractivity contribution in [2.24, 2.45) is 0 Å². The van der Waals surface area contributed by atoms with E-state index in [-0.39, 0.29) is 5.56 Å². The summed E-state index contributed by atoms with van der Waals surface area (Å²) in [5, 5.41) is 9.77. The first-order valence-electron chi connectivity index (χ1n) is 9.35. The third kappa shape index (κ3) is 3.45. The zero-order valence-corrected chi connectivity index (χ0v) is 16.0. The molecule has 0 saturated heterocycles. The number of aromatic nitrogens is 5. The van der Waals surface area contributed by atoms with Gasteiger partial charge in [0, 0.05) is 23.9 Å². The van der Waals surface area contributed by atoms with Gasteiger partial charge in [-0.25, -0.2) is 4.98 Å². The number of benzene rings is 1. The van der Waals surface area contributed by atoms with Crippen LogP contribution in [0.1, 0.15) is 35.8 Å². The molecule has 1 aliphatic rings. The van der Waals surface area contributed by atoms with Gasteiger partial charge in [0.05, 0.1) is 12.2 Å². The molecular weight excluding hydrogens is 370 g/mol. The highest BCUT2D eigenvalue weighted by Gasteiger charge is 2.30. The van der Waals surface area contributed by atoms with Gasteiger partial charge in [0.25, 0.3) is 5.56 Å². The number of fused-ring (bicyclic) bond motifs is 1. The van der Waals surface area contributed by atoms with Gasteiger partial charge in [-0.2, -0.15) is 0 Å². The first-order chi connectivity index (χ1) is 13.8. The van der Waals surface area contributed by atoms with Crippen LogP contribution in [0.4, 0.5) is 0 Å². The molecule has 7 heteroatoms. The lowest BCUT2D eigenvalue weighted by Gasteiger charge is -2.10. The molecule has 0 radical (unpaired) electrons.